The van der Waals surface area contributed by atoms with Crippen molar-refractivity contribution in [2.45, 2.75) is 26.2 Å². The van der Waals surface area contributed by atoms with Crippen molar-refractivity contribution in [3.05, 3.63) is 23.8 Å². The average Bonchev–Trinajstić information content (AvgIpc) is 2.63. The minimum Gasteiger partial charge on any atom is -0.454 e. The molecule has 0 saturated carbocycles. The maximum absolute atomic E-state index is 5.43. The zero-order chi connectivity index (χ0) is 9.26. The summed E-state index contributed by atoms with van der Waals surface area (Å²) in [6, 6.07) is 6.09. The second-order valence-corrected chi connectivity index (χ2v) is 3.39. The minimum atomic E-state index is 0.364. The highest BCUT2D eigenvalue weighted by Crippen LogP contribution is 2.39. The molecule has 13 heavy (non-hydrogen) atoms. The van der Waals surface area contributed by atoms with Crippen LogP contribution in [0.15, 0.2) is 18.2 Å². The Morgan fingerprint density at radius 3 is 3.00 bits per heavy atom. The molecule has 0 bridgehead atoms. The van der Waals surface area contributed by atoms with Crippen LogP contribution in [0.2, 0.25) is 0 Å². The minimum absolute atomic E-state index is 0.364. The van der Waals surface area contributed by atoms with Crippen LogP contribution in [-0.4, -0.2) is 6.79 Å². The first-order chi connectivity index (χ1) is 6.33. The SMILES string of the molecule is CCC(C)c1cccc2c1OCO2. The van der Waals surface area contributed by atoms with Gasteiger partial charge >= 0.3 is 0 Å². The van der Waals surface area contributed by atoms with Crippen molar-refractivity contribution in [1.82, 2.24) is 0 Å². The second kappa shape index (κ2) is 3.29. The fraction of sp³-hybridized carbons (Fsp3) is 0.455. The van der Waals surface area contributed by atoms with Gasteiger partial charge in [-0.3, -0.25) is 0 Å². The molecule has 0 N–H and O–H groups in total. The molecule has 70 valence electrons. The summed E-state index contributed by atoms with van der Waals surface area (Å²) >= 11 is 0. The van der Waals surface area contributed by atoms with Crippen LogP contribution in [-0.2, 0) is 0 Å². The molecule has 0 amide bonds. The van der Waals surface area contributed by atoms with Crippen LogP contribution in [0, 0.1) is 0 Å². The number of hydrogen-bond acceptors (Lipinski definition) is 2. The third-order valence-electron chi connectivity index (χ3n) is 2.57. The highest BCUT2D eigenvalue weighted by atomic mass is 16.7. The molecule has 1 aliphatic heterocycles. The van der Waals surface area contributed by atoms with Crippen LogP contribution in [0.1, 0.15) is 31.7 Å². The van der Waals surface area contributed by atoms with E-state index in [2.05, 4.69) is 19.9 Å². The first-order valence-corrected chi connectivity index (χ1v) is 4.71. The molecule has 0 radical (unpaired) electrons. The lowest BCUT2D eigenvalue weighted by atomic mass is 9.97. The second-order valence-electron chi connectivity index (χ2n) is 3.39. The molecule has 0 aliphatic carbocycles. The Kier molecular flexibility index (Phi) is 2.13. The van der Waals surface area contributed by atoms with E-state index in [-0.39, 0.29) is 0 Å². The van der Waals surface area contributed by atoms with E-state index in [0.29, 0.717) is 12.7 Å². The zero-order valence-electron chi connectivity index (χ0n) is 8.04. The summed E-state index contributed by atoms with van der Waals surface area (Å²) in [5.74, 6) is 2.37. The first-order valence-electron chi connectivity index (χ1n) is 4.71. The van der Waals surface area contributed by atoms with Gasteiger partial charge in [0.15, 0.2) is 11.5 Å². The highest BCUT2D eigenvalue weighted by molar-refractivity contribution is 5.49. The van der Waals surface area contributed by atoms with Gasteiger partial charge in [-0.1, -0.05) is 26.0 Å². The van der Waals surface area contributed by atoms with Crippen LogP contribution in [0.5, 0.6) is 11.5 Å². The summed E-state index contributed by atoms with van der Waals surface area (Å²) in [5, 5.41) is 0. The predicted molar refractivity (Wildman–Crippen MR) is 51.3 cm³/mol. The molecular formula is C11H14O2. The number of benzene rings is 1. The molecule has 1 atom stereocenters. The van der Waals surface area contributed by atoms with Crippen molar-refractivity contribution >= 4 is 0 Å². The number of ether oxygens (including phenoxy) is 2. The molecule has 2 nitrogen and oxygen atoms in total. The van der Waals surface area contributed by atoms with Gasteiger partial charge in [0.1, 0.15) is 0 Å². The van der Waals surface area contributed by atoms with Gasteiger partial charge < -0.3 is 9.47 Å². The summed E-state index contributed by atoms with van der Waals surface area (Å²) in [6.45, 7) is 4.75. The first kappa shape index (κ1) is 8.42. The molecular weight excluding hydrogens is 164 g/mol. The average molecular weight is 178 g/mol. The predicted octanol–water partition coefficient (Wildman–Crippen LogP) is 2.93. The third-order valence-corrected chi connectivity index (χ3v) is 2.57. The number of fused-ring (bicyclic) bond motifs is 1. The summed E-state index contributed by atoms with van der Waals surface area (Å²) < 4.78 is 10.7. The monoisotopic (exact) mass is 178 g/mol. The van der Waals surface area contributed by atoms with Crippen molar-refractivity contribution in [2.75, 3.05) is 6.79 Å². The Morgan fingerprint density at radius 2 is 2.23 bits per heavy atom. The number of hydrogen-bond donors (Lipinski definition) is 0. The molecule has 0 saturated heterocycles. The van der Waals surface area contributed by atoms with Crippen molar-refractivity contribution in [3.63, 3.8) is 0 Å². The van der Waals surface area contributed by atoms with Crippen molar-refractivity contribution in [2.24, 2.45) is 0 Å². The van der Waals surface area contributed by atoms with E-state index in [0.717, 1.165) is 17.9 Å². The van der Waals surface area contributed by atoms with Gasteiger partial charge in [-0.05, 0) is 18.4 Å². The van der Waals surface area contributed by atoms with Gasteiger partial charge in [-0.2, -0.15) is 0 Å². The van der Waals surface area contributed by atoms with Gasteiger partial charge in [0.05, 0.1) is 0 Å². The Labute approximate surface area is 78.5 Å². The normalized spacial score (nSPS) is 15.8. The van der Waals surface area contributed by atoms with Crippen LogP contribution < -0.4 is 9.47 Å². The Hall–Kier alpha value is -1.18. The summed E-state index contributed by atoms with van der Waals surface area (Å²) in [5.41, 5.74) is 1.26. The fourth-order valence-corrected chi connectivity index (χ4v) is 1.56. The van der Waals surface area contributed by atoms with Crippen LogP contribution in [0.3, 0.4) is 0 Å². The number of para-hydroxylation sites is 1. The molecule has 1 aromatic carbocycles. The van der Waals surface area contributed by atoms with E-state index >= 15 is 0 Å². The summed E-state index contributed by atoms with van der Waals surface area (Å²) in [6.07, 6.45) is 1.12. The third kappa shape index (κ3) is 1.37. The molecule has 1 aromatic rings. The molecule has 1 aliphatic rings. The maximum Gasteiger partial charge on any atom is 0.231 e. The van der Waals surface area contributed by atoms with Gasteiger partial charge in [0.25, 0.3) is 0 Å². The van der Waals surface area contributed by atoms with E-state index in [1.807, 2.05) is 12.1 Å². The van der Waals surface area contributed by atoms with Crippen molar-refractivity contribution in [1.29, 1.82) is 0 Å². The fourth-order valence-electron chi connectivity index (χ4n) is 1.56. The molecule has 1 heterocycles. The molecule has 0 fully saturated rings. The molecule has 1 unspecified atom stereocenters. The van der Waals surface area contributed by atoms with Gasteiger partial charge in [0.2, 0.25) is 6.79 Å². The lowest BCUT2D eigenvalue weighted by molar-refractivity contribution is 0.173. The molecule has 0 aromatic heterocycles. The Balaban J connectivity index is 2.41. The standard InChI is InChI=1S/C11H14O2/c1-3-8(2)9-5-4-6-10-11(9)13-7-12-10/h4-6,8H,3,7H2,1-2H3. The van der Waals surface area contributed by atoms with E-state index < -0.39 is 0 Å². The molecule has 0 spiro atoms. The Morgan fingerprint density at radius 1 is 1.38 bits per heavy atom. The van der Waals surface area contributed by atoms with E-state index in [9.17, 15) is 0 Å². The maximum atomic E-state index is 5.43. The van der Waals surface area contributed by atoms with Crippen LogP contribution in [0.25, 0.3) is 0 Å². The van der Waals surface area contributed by atoms with Crippen molar-refractivity contribution in [3.8, 4) is 11.5 Å². The zero-order valence-corrected chi connectivity index (χ0v) is 8.04. The quantitative estimate of drug-likeness (QED) is 0.693. The van der Waals surface area contributed by atoms with Crippen LogP contribution >= 0.6 is 0 Å². The Bertz CT molecular complexity index is 307. The van der Waals surface area contributed by atoms with Crippen LogP contribution in [0.4, 0.5) is 0 Å². The molecule has 2 heteroatoms. The lowest BCUT2D eigenvalue weighted by Gasteiger charge is -2.11. The smallest absolute Gasteiger partial charge is 0.231 e. The topological polar surface area (TPSA) is 18.5 Å². The van der Waals surface area contributed by atoms with Gasteiger partial charge in [0, 0.05) is 5.56 Å². The summed E-state index contributed by atoms with van der Waals surface area (Å²) in [7, 11) is 0. The van der Waals surface area contributed by atoms with Gasteiger partial charge in [-0.15, -0.1) is 0 Å². The lowest BCUT2D eigenvalue weighted by Crippen LogP contribution is -1.96. The molecule has 2 rings (SSSR count). The summed E-state index contributed by atoms with van der Waals surface area (Å²) in [4.78, 5) is 0. The van der Waals surface area contributed by atoms with Gasteiger partial charge in [-0.25, -0.2) is 0 Å². The van der Waals surface area contributed by atoms with Crippen molar-refractivity contribution < 1.29 is 9.47 Å². The van der Waals surface area contributed by atoms with E-state index in [1.165, 1.54) is 5.56 Å². The van der Waals surface area contributed by atoms with E-state index in [1.54, 1.807) is 0 Å². The highest BCUT2D eigenvalue weighted by Gasteiger charge is 2.19. The number of rotatable bonds is 2. The largest absolute Gasteiger partial charge is 0.454 e. The van der Waals surface area contributed by atoms with E-state index in [4.69, 9.17) is 9.47 Å².